The van der Waals surface area contributed by atoms with E-state index in [2.05, 4.69) is 15.3 Å². The Bertz CT molecular complexity index is 1100. The first kappa shape index (κ1) is 21.2. The molecule has 3 heterocycles. The SMILES string of the molecule is Cc1c(Cl)c(C(F)(F)F)nn1C1=NN=C(I)C1(c1ccc(F)cc1)N1CCCC1=O. The van der Waals surface area contributed by atoms with Crippen molar-refractivity contribution in [1.29, 1.82) is 0 Å². The van der Waals surface area contributed by atoms with Crippen LogP contribution in [0.15, 0.2) is 34.5 Å². The van der Waals surface area contributed by atoms with Gasteiger partial charge in [-0.05, 0) is 53.6 Å². The first-order chi connectivity index (χ1) is 14.1. The van der Waals surface area contributed by atoms with Gasteiger partial charge in [0.1, 0.15) is 9.54 Å². The molecular weight excluding hydrogens is 541 g/mol. The standard InChI is InChI=1S/C18H13ClF4IN5O/c1-9-13(19)14(18(21,22)23)27-29(9)16-17(15(24)25-26-16,28-8-2-3-12(28)30)10-4-6-11(20)7-5-10/h4-7H,2-3,8H2,1H3. The minimum absolute atomic E-state index is 0.00201. The van der Waals surface area contributed by atoms with Crippen LogP contribution in [-0.2, 0) is 16.5 Å². The number of benzene rings is 1. The van der Waals surface area contributed by atoms with Crippen LogP contribution < -0.4 is 0 Å². The van der Waals surface area contributed by atoms with E-state index in [1.54, 1.807) is 0 Å². The van der Waals surface area contributed by atoms with Gasteiger partial charge in [0.05, 0.1) is 10.7 Å². The van der Waals surface area contributed by atoms with Gasteiger partial charge in [0.15, 0.2) is 17.1 Å². The van der Waals surface area contributed by atoms with E-state index in [1.165, 1.54) is 36.1 Å². The van der Waals surface area contributed by atoms with Crippen LogP contribution in [0.3, 0.4) is 0 Å². The number of carbonyl (C=O) groups excluding carboxylic acids is 1. The Hall–Kier alpha value is -2.02. The first-order valence-electron chi connectivity index (χ1n) is 8.79. The minimum Gasteiger partial charge on any atom is -0.320 e. The number of amides is 1. The van der Waals surface area contributed by atoms with Gasteiger partial charge in [0, 0.05) is 13.0 Å². The van der Waals surface area contributed by atoms with E-state index in [0.717, 1.165) is 4.68 Å². The molecule has 1 amide bonds. The maximum atomic E-state index is 13.6. The molecule has 1 aromatic carbocycles. The predicted octanol–water partition coefficient (Wildman–Crippen LogP) is 4.53. The number of alkyl halides is 3. The summed E-state index contributed by atoms with van der Waals surface area (Å²) in [5.41, 5.74) is -2.26. The van der Waals surface area contributed by atoms with Crippen molar-refractivity contribution in [2.75, 3.05) is 6.54 Å². The van der Waals surface area contributed by atoms with Crippen molar-refractivity contribution in [2.45, 2.75) is 31.5 Å². The van der Waals surface area contributed by atoms with E-state index < -0.39 is 28.2 Å². The van der Waals surface area contributed by atoms with E-state index in [0.29, 0.717) is 22.2 Å². The summed E-state index contributed by atoms with van der Waals surface area (Å²) in [5.74, 6) is -0.739. The summed E-state index contributed by atoms with van der Waals surface area (Å²) >= 11 is 7.83. The van der Waals surface area contributed by atoms with Gasteiger partial charge >= 0.3 is 6.18 Å². The zero-order chi connectivity index (χ0) is 21.8. The Kier molecular flexibility index (Phi) is 5.16. The number of carbonyl (C=O) groups is 1. The molecule has 0 spiro atoms. The number of rotatable bonds is 2. The first-order valence-corrected chi connectivity index (χ1v) is 10.3. The third-order valence-electron chi connectivity index (χ3n) is 5.11. The quantitative estimate of drug-likeness (QED) is 0.405. The molecule has 158 valence electrons. The average molecular weight is 554 g/mol. The van der Waals surface area contributed by atoms with E-state index >= 15 is 0 Å². The summed E-state index contributed by atoms with van der Waals surface area (Å²) in [6.45, 7) is 1.71. The summed E-state index contributed by atoms with van der Waals surface area (Å²) in [6.07, 6.45) is -3.94. The number of hydrogen-bond donors (Lipinski definition) is 0. The lowest BCUT2D eigenvalue weighted by molar-refractivity contribution is -0.141. The molecule has 4 rings (SSSR count). The highest BCUT2D eigenvalue weighted by Gasteiger charge is 2.55. The van der Waals surface area contributed by atoms with Crippen LogP contribution in [-0.4, -0.2) is 36.7 Å². The zero-order valence-electron chi connectivity index (χ0n) is 15.3. The molecule has 2 aliphatic rings. The van der Waals surface area contributed by atoms with Crippen molar-refractivity contribution in [3.63, 3.8) is 0 Å². The number of hydrogen-bond acceptors (Lipinski definition) is 4. The van der Waals surface area contributed by atoms with E-state index in [4.69, 9.17) is 11.6 Å². The number of aromatic nitrogens is 2. The normalized spacial score (nSPS) is 22.0. The van der Waals surface area contributed by atoms with Crippen LogP contribution in [0.1, 0.15) is 29.8 Å². The van der Waals surface area contributed by atoms with Crippen LogP contribution in [0.4, 0.5) is 17.6 Å². The maximum Gasteiger partial charge on any atom is 0.436 e. The van der Waals surface area contributed by atoms with Gasteiger partial charge in [0.2, 0.25) is 5.91 Å². The summed E-state index contributed by atoms with van der Waals surface area (Å²) in [6, 6.07) is 5.34. The van der Waals surface area contributed by atoms with Gasteiger partial charge in [-0.3, -0.25) is 4.79 Å². The number of likely N-dealkylation sites (tertiary alicyclic amines) is 1. The molecule has 0 N–H and O–H groups in total. The van der Waals surface area contributed by atoms with Crippen molar-refractivity contribution < 1.29 is 22.4 Å². The second-order valence-corrected chi connectivity index (χ2v) is 8.24. The Morgan fingerprint density at radius 3 is 2.40 bits per heavy atom. The summed E-state index contributed by atoms with van der Waals surface area (Å²) in [7, 11) is 0. The molecule has 1 unspecified atom stereocenters. The van der Waals surface area contributed by atoms with Crippen molar-refractivity contribution in [1.82, 2.24) is 14.7 Å². The maximum absolute atomic E-state index is 13.6. The molecule has 1 saturated heterocycles. The van der Waals surface area contributed by atoms with E-state index in [9.17, 15) is 22.4 Å². The van der Waals surface area contributed by atoms with Crippen molar-refractivity contribution in [2.24, 2.45) is 10.2 Å². The van der Waals surface area contributed by atoms with Crippen LogP contribution >= 0.6 is 34.2 Å². The monoisotopic (exact) mass is 553 g/mol. The van der Waals surface area contributed by atoms with Crippen LogP contribution in [0.25, 0.3) is 0 Å². The third kappa shape index (κ3) is 3.04. The number of halogens is 6. The molecule has 2 aliphatic heterocycles. The largest absolute Gasteiger partial charge is 0.436 e. The molecule has 0 radical (unpaired) electrons. The molecule has 1 fully saturated rings. The fourth-order valence-corrected chi connectivity index (χ4v) is 4.90. The molecule has 30 heavy (non-hydrogen) atoms. The molecule has 1 aromatic heterocycles. The smallest absolute Gasteiger partial charge is 0.320 e. The molecule has 2 aromatic rings. The fraction of sp³-hybridized carbons (Fsp3) is 0.333. The van der Waals surface area contributed by atoms with Gasteiger partial charge in [0.25, 0.3) is 0 Å². The van der Waals surface area contributed by atoms with E-state index in [-0.39, 0.29) is 23.9 Å². The number of nitrogens with zero attached hydrogens (tertiary/aromatic N) is 5. The van der Waals surface area contributed by atoms with Gasteiger partial charge in [-0.1, -0.05) is 23.7 Å². The Balaban J connectivity index is 1.98. The molecule has 0 bridgehead atoms. The molecule has 12 heteroatoms. The lowest BCUT2D eigenvalue weighted by Crippen LogP contribution is -2.57. The predicted molar refractivity (Wildman–Crippen MR) is 110 cm³/mol. The Morgan fingerprint density at radius 1 is 1.20 bits per heavy atom. The molecule has 0 aliphatic carbocycles. The Labute approximate surface area is 186 Å². The van der Waals surface area contributed by atoms with Crippen molar-refractivity contribution in [3.05, 3.63) is 52.1 Å². The van der Waals surface area contributed by atoms with Gasteiger partial charge < -0.3 is 4.90 Å². The molecule has 6 nitrogen and oxygen atoms in total. The van der Waals surface area contributed by atoms with Gasteiger partial charge in [-0.25, -0.2) is 9.07 Å². The highest BCUT2D eigenvalue weighted by Crippen LogP contribution is 2.43. The lowest BCUT2D eigenvalue weighted by atomic mass is 9.87. The average Bonchev–Trinajstić information content (AvgIpc) is 3.33. The summed E-state index contributed by atoms with van der Waals surface area (Å²) in [4.78, 5) is 14.2. The van der Waals surface area contributed by atoms with Crippen molar-refractivity contribution >= 4 is 49.7 Å². The topological polar surface area (TPSA) is 62.9 Å². The fourth-order valence-electron chi connectivity index (χ4n) is 3.72. The second kappa shape index (κ2) is 7.29. The van der Waals surface area contributed by atoms with Crippen molar-refractivity contribution in [3.8, 4) is 0 Å². The van der Waals surface area contributed by atoms with Crippen LogP contribution in [0.2, 0.25) is 5.02 Å². The van der Waals surface area contributed by atoms with Gasteiger partial charge in [-0.15, -0.1) is 10.2 Å². The summed E-state index contributed by atoms with van der Waals surface area (Å²) < 4.78 is 55.1. The van der Waals surface area contributed by atoms with Crippen LogP contribution in [0, 0.1) is 12.7 Å². The molecule has 1 atom stereocenters. The third-order valence-corrected chi connectivity index (χ3v) is 6.56. The molecular formula is C18H13ClF4IN5O. The van der Waals surface area contributed by atoms with Gasteiger partial charge in [-0.2, -0.15) is 18.3 Å². The van der Waals surface area contributed by atoms with Crippen LogP contribution in [0.5, 0.6) is 0 Å². The lowest BCUT2D eigenvalue weighted by Gasteiger charge is -2.39. The summed E-state index contributed by atoms with van der Waals surface area (Å²) in [5, 5.41) is 11.3. The minimum atomic E-state index is -4.78. The second-order valence-electron chi connectivity index (χ2n) is 6.84. The highest BCUT2D eigenvalue weighted by atomic mass is 127. The zero-order valence-corrected chi connectivity index (χ0v) is 18.3. The Morgan fingerprint density at radius 2 is 1.87 bits per heavy atom. The highest BCUT2D eigenvalue weighted by molar-refractivity contribution is 14.1. The van der Waals surface area contributed by atoms with E-state index in [1.807, 2.05) is 22.6 Å². The molecule has 0 saturated carbocycles.